The minimum atomic E-state index is 0.0384. The molecule has 0 saturated heterocycles. The van der Waals surface area contributed by atoms with Crippen molar-refractivity contribution in [3.63, 3.8) is 0 Å². The number of hydrogen-bond acceptors (Lipinski definition) is 5. The van der Waals surface area contributed by atoms with Gasteiger partial charge in [-0.2, -0.15) is 10.2 Å². The fourth-order valence-corrected chi connectivity index (χ4v) is 3.29. The van der Waals surface area contributed by atoms with E-state index in [-0.39, 0.29) is 5.75 Å². The lowest BCUT2D eigenvalue weighted by molar-refractivity contribution is 0.473. The molecule has 0 heterocycles. The van der Waals surface area contributed by atoms with E-state index < -0.39 is 0 Å². The lowest BCUT2D eigenvalue weighted by Crippen LogP contribution is -2.24. The Morgan fingerprint density at radius 3 is 1.44 bits per heavy atom. The van der Waals surface area contributed by atoms with Gasteiger partial charge in [0, 0.05) is 22.5 Å². The molecule has 174 valence electrons. The van der Waals surface area contributed by atoms with Gasteiger partial charge < -0.3 is 15.7 Å². The van der Waals surface area contributed by atoms with Crippen LogP contribution in [0.15, 0.2) is 70.9 Å². The van der Waals surface area contributed by atoms with Crippen LogP contribution in [0.5, 0.6) is 5.75 Å². The predicted molar refractivity (Wildman–Crippen MR) is 149 cm³/mol. The van der Waals surface area contributed by atoms with Gasteiger partial charge in [-0.1, -0.05) is 35.4 Å². The summed E-state index contributed by atoms with van der Waals surface area (Å²) in [5.74, 6) is 0.0384. The molecule has 0 unspecified atom stereocenters. The number of aromatic hydroxyl groups is 1. The van der Waals surface area contributed by atoms with Crippen molar-refractivity contribution < 1.29 is 5.11 Å². The van der Waals surface area contributed by atoms with Gasteiger partial charge >= 0.3 is 0 Å². The third kappa shape index (κ3) is 7.65. The van der Waals surface area contributed by atoms with E-state index in [0.29, 0.717) is 21.4 Å². The highest BCUT2D eigenvalue weighted by molar-refractivity contribution is 7.80. The fraction of sp³-hybridized carbons (Fsp3) is 0.120. The van der Waals surface area contributed by atoms with Crippen LogP contribution >= 0.6 is 24.4 Å². The Hall–Kier alpha value is -3.82. The quantitative estimate of drug-likeness (QED) is 0.189. The average molecular weight is 491 g/mol. The topological polar surface area (TPSA) is 93.1 Å². The summed E-state index contributed by atoms with van der Waals surface area (Å²) in [6.45, 7) is 5.96. The lowest BCUT2D eigenvalue weighted by atomic mass is 10.1. The van der Waals surface area contributed by atoms with Crippen LogP contribution in [0.2, 0.25) is 0 Å². The van der Waals surface area contributed by atoms with Crippen LogP contribution in [0.25, 0.3) is 0 Å². The summed E-state index contributed by atoms with van der Waals surface area (Å²) in [6, 6.07) is 19.3. The number of anilines is 2. The first-order valence-electron chi connectivity index (χ1n) is 10.5. The SMILES string of the molecule is Cc1ccc(NC(=S)NN=Cc2cc(C)cc(/C=N/NC(=S)Nc3ccc(C)cc3)c2O)cc1. The molecule has 0 aromatic heterocycles. The van der Waals surface area contributed by atoms with Crippen molar-refractivity contribution in [1.29, 1.82) is 0 Å². The minimum absolute atomic E-state index is 0.0384. The van der Waals surface area contributed by atoms with Crippen LogP contribution in [0, 0.1) is 20.8 Å². The molecular formula is C25H26N6OS2. The molecule has 5 N–H and O–H groups in total. The van der Waals surface area contributed by atoms with Crippen LogP contribution in [-0.4, -0.2) is 27.8 Å². The smallest absolute Gasteiger partial charge is 0.191 e. The number of phenolic OH excluding ortho intramolecular Hbond substituents is 1. The summed E-state index contributed by atoms with van der Waals surface area (Å²) >= 11 is 10.5. The van der Waals surface area contributed by atoms with E-state index >= 15 is 0 Å². The van der Waals surface area contributed by atoms with Crippen molar-refractivity contribution in [2.75, 3.05) is 10.6 Å². The van der Waals surface area contributed by atoms with Gasteiger partial charge in [0.15, 0.2) is 10.2 Å². The average Bonchev–Trinajstić information content (AvgIpc) is 2.79. The molecule has 9 heteroatoms. The zero-order valence-corrected chi connectivity index (χ0v) is 20.7. The number of rotatable bonds is 6. The number of nitrogens with zero attached hydrogens (tertiary/aromatic N) is 2. The largest absolute Gasteiger partial charge is 0.507 e. The number of aryl methyl sites for hydroxylation is 3. The summed E-state index contributed by atoms with van der Waals surface area (Å²) in [7, 11) is 0. The monoisotopic (exact) mass is 490 g/mol. The predicted octanol–water partition coefficient (Wildman–Crippen LogP) is 4.96. The maximum Gasteiger partial charge on any atom is 0.191 e. The standard InChI is InChI=1S/C25H26N6OS2/c1-16-4-8-21(9-5-16)28-24(33)30-26-14-19-12-18(3)13-20(23(19)32)15-27-31-25(34)29-22-10-6-17(2)7-11-22/h4-15,32H,1-3H3,(H2,28,30,33)(H2,29,31,34)/b26-14+,27-15?. The highest BCUT2D eigenvalue weighted by Crippen LogP contribution is 2.21. The molecule has 0 amide bonds. The summed E-state index contributed by atoms with van der Waals surface area (Å²) in [5.41, 5.74) is 11.5. The summed E-state index contributed by atoms with van der Waals surface area (Å²) in [6.07, 6.45) is 3.00. The Balaban J connectivity index is 1.58. The van der Waals surface area contributed by atoms with Crippen molar-refractivity contribution in [1.82, 2.24) is 10.9 Å². The zero-order valence-electron chi connectivity index (χ0n) is 19.1. The van der Waals surface area contributed by atoms with Crippen molar-refractivity contribution in [2.45, 2.75) is 20.8 Å². The number of benzene rings is 3. The van der Waals surface area contributed by atoms with Gasteiger partial charge in [-0.3, -0.25) is 10.9 Å². The summed E-state index contributed by atoms with van der Waals surface area (Å²) < 4.78 is 0. The Labute approximate surface area is 210 Å². The summed E-state index contributed by atoms with van der Waals surface area (Å²) in [4.78, 5) is 0. The molecule has 0 aliphatic heterocycles. The molecule has 3 rings (SSSR count). The van der Waals surface area contributed by atoms with E-state index in [4.69, 9.17) is 24.4 Å². The van der Waals surface area contributed by atoms with E-state index in [1.54, 1.807) is 0 Å². The third-order valence-electron chi connectivity index (χ3n) is 4.67. The molecule has 0 aliphatic rings. The van der Waals surface area contributed by atoms with Crippen LogP contribution in [0.3, 0.4) is 0 Å². The molecule has 0 bridgehead atoms. The van der Waals surface area contributed by atoms with Gasteiger partial charge in [0.1, 0.15) is 5.75 Å². The molecular weight excluding hydrogens is 464 g/mol. The molecule has 3 aromatic carbocycles. The first-order valence-corrected chi connectivity index (χ1v) is 11.3. The van der Waals surface area contributed by atoms with Gasteiger partial charge in [-0.25, -0.2) is 0 Å². The second kappa shape index (κ2) is 11.9. The highest BCUT2D eigenvalue weighted by Gasteiger charge is 2.06. The maximum atomic E-state index is 10.6. The fourth-order valence-electron chi connectivity index (χ4n) is 2.95. The molecule has 0 saturated carbocycles. The van der Waals surface area contributed by atoms with Gasteiger partial charge in [0.25, 0.3) is 0 Å². The first kappa shape index (κ1) is 24.8. The normalized spacial score (nSPS) is 10.9. The minimum Gasteiger partial charge on any atom is -0.507 e. The van der Waals surface area contributed by atoms with E-state index in [9.17, 15) is 5.11 Å². The van der Waals surface area contributed by atoms with Crippen molar-refractivity contribution in [3.8, 4) is 5.75 Å². The van der Waals surface area contributed by atoms with Crippen molar-refractivity contribution in [2.24, 2.45) is 10.2 Å². The zero-order chi connectivity index (χ0) is 24.5. The van der Waals surface area contributed by atoms with Gasteiger partial charge in [-0.15, -0.1) is 0 Å². The van der Waals surface area contributed by atoms with Crippen LogP contribution in [0.1, 0.15) is 27.8 Å². The van der Waals surface area contributed by atoms with E-state index in [2.05, 4.69) is 31.7 Å². The molecule has 0 fully saturated rings. The first-order chi connectivity index (χ1) is 16.3. The highest BCUT2D eigenvalue weighted by atomic mass is 32.1. The van der Waals surface area contributed by atoms with E-state index in [1.807, 2.05) is 81.4 Å². The van der Waals surface area contributed by atoms with E-state index in [0.717, 1.165) is 28.1 Å². The molecule has 0 atom stereocenters. The Morgan fingerprint density at radius 1 is 0.676 bits per heavy atom. The Kier molecular flexibility index (Phi) is 8.66. The van der Waals surface area contributed by atoms with Crippen LogP contribution in [-0.2, 0) is 0 Å². The van der Waals surface area contributed by atoms with Crippen molar-refractivity contribution in [3.05, 3.63) is 88.5 Å². The second-order valence-corrected chi connectivity index (χ2v) is 8.49. The number of phenols is 1. The number of thiocarbonyl (C=S) groups is 2. The molecule has 0 radical (unpaired) electrons. The van der Waals surface area contributed by atoms with Crippen LogP contribution < -0.4 is 21.5 Å². The molecule has 3 aromatic rings. The van der Waals surface area contributed by atoms with Gasteiger partial charge in [-0.05, 0) is 87.2 Å². The Morgan fingerprint density at radius 2 is 1.06 bits per heavy atom. The van der Waals surface area contributed by atoms with Crippen molar-refractivity contribution >= 4 is 58.5 Å². The maximum absolute atomic E-state index is 10.6. The lowest BCUT2D eigenvalue weighted by Gasteiger charge is -2.09. The molecule has 34 heavy (non-hydrogen) atoms. The molecule has 0 aliphatic carbocycles. The van der Waals surface area contributed by atoms with Gasteiger partial charge in [0.2, 0.25) is 0 Å². The van der Waals surface area contributed by atoms with Gasteiger partial charge in [0.05, 0.1) is 12.4 Å². The number of nitrogens with one attached hydrogen (secondary N) is 4. The van der Waals surface area contributed by atoms with E-state index in [1.165, 1.54) is 12.4 Å². The number of hydrogen-bond donors (Lipinski definition) is 5. The number of hydrazone groups is 2. The van der Waals surface area contributed by atoms with Crippen LogP contribution in [0.4, 0.5) is 11.4 Å². The second-order valence-electron chi connectivity index (χ2n) is 7.67. The molecule has 0 spiro atoms. The Bertz CT molecular complexity index is 1130. The third-order valence-corrected chi connectivity index (χ3v) is 5.06. The summed E-state index contributed by atoms with van der Waals surface area (Å²) in [5, 5.41) is 25.7. The molecule has 7 nitrogen and oxygen atoms in total.